The van der Waals surface area contributed by atoms with E-state index in [0.29, 0.717) is 17.4 Å². The van der Waals surface area contributed by atoms with Gasteiger partial charge in [-0.15, -0.1) is 0 Å². The van der Waals surface area contributed by atoms with Gasteiger partial charge in [-0.1, -0.05) is 361 Å². The molecule has 3 atom stereocenters. The van der Waals surface area contributed by atoms with E-state index in [2.05, 4.69) is 104 Å². The van der Waals surface area contributed by atoms with Crippen molar-refractivity contribution in [2.24, 2.45) is 0 Å². The summed E-state index contributed by atoms with van der Waals surface area (Å²) >= 11 is 0. The highest BCUT2D eigenvalue weighted by molar-refractivity contribution is 7.45. The molecule has 0 aromatic heterocycles. The van der Waals surface area contributed by atoms with Crippen LogP contribution < -0.4 is 10.2 Å². The fourth-order valence-corrected chi connectivity index (χ4v) is 11.9. The van der Waals surface area contributed by atoms with E-state index in [4.69, 9.17) is 9.05 Å². The molecule has 0 saturated carbocycles. The van der Waals surface area contributed by atoms with Crippen LogP contribution in [0.5, 0.6) is 0 Å². The average Bonchev–Trinajstić information content (AvgIpc) is 3.61. The minimum absolute atomic E-state index is 0.00705. The number of nitrogens with zero attached hydrogens (tertiary/aromatic N) is 1. The SMILES string of the molecule is CC/C=C\C/C=C\C/C=C\C/C=C\C/C=C\C/C=C\CCCCCCCCCCCCCCCCCCCCCCCCC(=O)NC(COP(=O)([O-])OCC[N+](C)(C)C)C(O)/C=C/CC/C=C/CCCCCCCCCCCCCCCCCCCCCC. The van der Waals surface area contributed by atoms with Crippen molar-refractivity contribution >= 4 is 13.7 Å². The molecule has 0 heterocycles. The lowest BCUT2D eigenvalue weighted by atomic mass is 10.0. The maximum Gasteiger partial charge on any atom is 0.268 e. The number of rotatable bonds is 70. The van der Waals surface area contributed by atoms with Crippen molar-refractivity contribution < 1.29 is 32.9 Å². The Hall–Kier alpha value is -2.58. The molecule has 0 saturated heterocycles. The van der Waals surface area contributed by atoms with Crippen LogP contribution in [0.3, 0.4) is 0 Å². The van der Waals surface area contributed by atoms with Crippen LogP contribution in [-0.2, 0) is 18.4 Å². The molecule has 89 heavy (non-hydrogen) atoms. The van der Waals surface area contributed by atoms with Crippen molar-refractivity contribution in [2.45, 2.75) is 366 Å². The predicted octanol–water partition coefficient (Wildman–Crippen LogP) is 24.2. The summed E-state index contributed by atoms with van der Waals surface area (Å²) in [6.07, 6.45) is 101. The zero-order valence-electron chi connectivity index (χ0n) is 59.4. The largest absolute Gasteiger partial charge is 0.756 e. The van der Waals surface area contributed by atoms with Gasteiger partial charge in [0.15, 0.2) is 0 Å². The molecule has 0 aromatic rings. The van der Waals surface area contributed by atoms with Gasteiger partial charge >= 0.3 is 0 Å². The summed E-state index contributed by atoms with van der Waals surface area (Å²) in [5.41, 5.74) is 0. The first-order chi connectivity index (χ1) is 43.5. The van der Waals surface area contributed by atoms with Gasteiger partial charge in [0.05, 0.1) is 39.9 Å². The maximum atomic E-state index is 13.1. The van der Waals surface area contributed by atoms with E-state index < -0.39 is 26.6 Å². The number of aliphatic hydroxyl groups excluding tert-OH is 1. The number of carbonyl (C=O) groups excluding carboxylic acids is 1. The van der Waals surface area contributed by atoms with Gasteiger partial charge in [0.25, 0.3) is 7.82 Å². The van der Waals surface area contributed by atoms with Gasteiger partial charge in [-0.2, -0.15) is 0 Å². The molecule has 2 N–H and O–H groups in total. The summed E-state index contributed by atoms with van der Waals surface area (Å²) in [7, 11) is 1.25. The number of amides is 1. The number of likely N-dealkylation sites (N-methyl/N-ethyl adjacent to an activating group) is 1. The summed E-state index contributed by atoms with van der Waals surface area (Å²) in [5.74, 6) is -0.202. The third kappa shape index (κ3) is 72.7. The van der Waals surface area contributed by atoms with Gasteiger partial charge in [0.2, 0.25) is 5.91 Å². The first kappa shape index (κ1) is 86.4. The molecule has 0 aliphatic heterocycles. The Kier molecular flexibility index (Phi) is 67.7. The number of phosphoric acid groups is 1. The van der Waals surface area contributed by atoms with Gasteiger partial charge in [-0.05, 0) is 83.5 Å². The lowest BCUT2D eigenvalue weighted by Crippen LogP contribution is -2.45. The monoisotopic (exact) mass is 1260 g/mol. The predicted molar refractivity (Wildman–Crippen MR) is 390 cm³/mol. The molecule has 3 unspecified atom stereocenters. The summed E-state index contributed by atoms with van der Waals surface area (Å²) in [4.78, 5) is 25.7. The Morgan fingerprint density at radius 2 is 0.697 bits per heavy atom. The summed E-state index contributed by atoms with van der Waals surface area (Å²) < 4.78 is 23.5. The van der Waals surface area contributed by atoms with Crippen molar-refractivity contribution in [3.05, 3.63) is 97.2 Å². The number of unbranched alkanes of at least 4 members (excludes halogenated alkanes) is 43. The Morgan fingerprint density at radius 1 is 0.404 bits per heavy atom. The van der Waals surface area contributed by atoms with E-state index in [-0.39, 0.29) is 12.5 Å². The molecule has 0 radical (unpaired) electrons. The number of hydrogen-bond donors (Lipinski definition) is 2. The molecular weight excluding hydrogens is 1120 g/mol. The zero-order chi connectivity index (χ0) is 64.8. The highest BCUT2D eigenvalue weighted by atomic mass is 31.2. The Morgan fingerprint density at radius 3 is 1.04 bits per heavy atom. The molecule has 0 aromatic carbocycles. The number of phosphoric ester groups is 1. The number of quaternary nitrogens is 1. The first-order valence-corrected chi connectivity index (χ1v) is 39.6. The van der Waals surface area contributed by atoms with Crippen LogP contribution in [0.4, 0.5) is 0 Å². The minimum Gasteiger partial charge on any atom is -0.756 e. The van der Waals surface area contributed by atoms with Crippen LogP contribution in [-0.4, -0.2) is 68.5 Å². The van der Waals surface area contributed by atoms with Crippen molar-refractivity contribution in [3.63, 3.8) is 0 Å². The Balaban J connectivity index is 3.99. The van der Waals surface area contributed by atoms with Crippen LogP contribution in [0.2, 0.25) is 0 Å². The van der Waals surface area contributed by atoms with Gasteiger partial charge in [0.1, 0.15) is 13.2 Å². The maximum absolute atomic E-state index is 13.1. The highest BCUT2D eigenvalue weighted by Gasteiger charge is 2.23. The third-order valence-corrected chi connectivity index (χ3v) is 18.0. The molecular formula is C80H147N2O6P. The van der Waals surface area contributed by atoms with Crippen molar-refractivity contribution in [2.75, 3.05) is 40.9 Å². The number of hydrogen-bond acceptors (Lipinski definition) is 6. The van der Waals surface area contributed by atoms with Gasteiger partial charge in [0, 0.05) is 6.42 Å². The van der Waals surface area contributed by atoms with Crippen molar-refractivity contribution in [1.29, 1.82) is 0 Å². The van der Waals surface area contributed by atoms with Gasteiger partial charge in [-0.25, -0.2) is 0 Å². The molecule has 0 spiro atoms. The van der Waals surface area contributed by atoms with Crippen molar-refractivity contribution in [1.82, 2.24) is 5.32 Å². The third-order valence-electron chi connectivity index (χ3n) is 17.0. The second kappa shape index (κ2) is 69.8. The fraction of sp³-hybridized carbons (Fsp3) is 0.787. The standard InChI is InChI=1S/C80H147N2O6P/c1-6-8-10-12-14-16-18-20-22-24-26-28-30-32-34-35-36-37-38-39-40-41-42-43-44-45-46-47-48-50-52-54-56-58-60-62-64-66-68-70-72-74-80(84)81-78(77-88-89(85,86)87-76-75-82(3,4)5)79(83)73-71-69-67-65-63-61-59-57-55-53-51-49-33-31-29-27-25-23-21-19-17-15-13-11-9-7-2/h8,10,14,16,20,22,26,28,32,34,36-37,63,65,71,73,78-79,83H,6-7,9,11-13,15,17-19,21,23-25,27,29-31,33,35,38-62,64,66-70,72,74-77H2,1-5H3,(H-,81,84,85,86)/b10-8-,16-14-,22-20-,28-26-,34-32-,37-36-,65-63+,73-71+. The molecule has 0 aliphatic rings. The second-order valence-corrected chi connectivity index (χ2v) is 28.4. The summed E-state index contributed by atoms with van der Waals surface area (Å²) in [6.45, 7) is 4.56. The summed E-state index contributed by atoms with van der Waals surface area (Å²) in [6, 6.07) is -0.907. The Bertz CT molecular complexity index is 1780. The highest BCUT2D eigenvalue weighted by Crippen LogP contribution is 2.38. The Labute approximate surface area is 553 Å². The van der Waals surface area contributed by atoms with E-state index in [1.54, 1.807) is 6.08 Å². The fourth-order valence-electron chi connectivity index (χ4n) is 11.2. The van der Waals surface area contributed by atoms with E-state index in [1.165, 1.54) is 257 Å². The first-order valence-electron chi connectivity index (χ1n) is 38.1. The van der Waals surface area contributed by atoms with Crippen LogP contribution in [0, 0.1) is 0 Å². The van der Waals surface area contributed by atoms with Crippen LogP contribution in [0.25, 0.3) is 0 Å². The normalized spacial score (nSPS) is 14.1. The van der Waals surface area contributed by atoms with Gasteiger partial charge in [-0.3, -0.25) is 9.36 Å². The van der Waals surface area contributed by atoms with E-state index >= 15 is 0 Å². The topological polar surface area (TPSA) is 108 Å². The lowest BCUT2D eigenvalue weighted by Gasteiger charge is -2.29. The molecule has 0 bridgehead atoms. The smallest absolute Gasteiger partial charge is 0.268 e. The molecule has 518 valence electrons. The molecule has 0 aliphatic carbocycles. The number of carbonyl (C=O) groups is 1. The van der Waals surface area contributed by atoms with Crippen LogP contribution in [0.15, 0.2) is 97.2 Å². The van der Waals surface area contributed by atoms with E-state index in [1.807, 2.05) is 27.2 Å². The molecule has 0 fully saturated rings. The molecule has 0 rings (SSSR count). The van der Waals surface area contributed by atoms with Gasteiger partial charge < -0.3 is 28.8 Å². The van der Waals surface area contributed by atoms with Crippen LogP contribution >= 0.6 is 7.82 Å². The van der Waals surface area contributed by atoms with Crippen LogP contribution in [0.1, 0.15) is 354 Å². The second-order valence-electron chi connectivity index (χ2n) is 27.0. The minimum atomic E-state index is -4.62. The van der Waals surface area contributed by atoms with E-state index in [0.717, 1.165) is 77.0 Å². The summed E-state index contributed by atoms with van der Waals surface area (Å²) in [5, 5.41) is 14.0. The zero-order valence-corrected chi connectivity index (χ0v) is 60.3. The molecule has 8 nitrogen and oxygen atoms in total. The lowest BCUT2D eigenvalue weighted by molar-refractivity contribution is -0.870. The average molecular weight is 1260 g/mol. The molecule has 9 heteroatoms. The molecule has 1 amide bonds. The van der Waals surface area contributed by atoms with Crippen molar-refractivity contribution in [3.8, 4) is 0 Å². The quantitative estimate of drug-likeness (QED) is 0.0272. The number of aliphatic hydroxyl groups is 1. The number of nitrogens with one attached hydrogen (secondary N) is 1. The number of allylic oxidation sites excluding steroid dienone is 15. The van der Waals surface area contributed by atoms with E-state index in [9.17, 15) is 19.4 Å².